The van der Waals surface area contributed by atoms with E-state index in [0.717, 1.165) is 11.0 Å². The van der Waals surface area contributed by atoms with Crippen molar-refractivity contribution in [1.29, 1.82) is 0 Å². The third-order valence-electron chi connectivity index (χ3n) is 3.62. The summed E-state index contributed by atoms with van der Waals surface area (Å²) in [6.45, 7) is -0.498. The average Bonchev–Trinajstić information content (AvgIpc) is 2.99. The van der Waals surface area contributed by atoms with Crippen LogP contribution < -0.4 is 14.8 Å². The van der Waals surface area contributed by atoms with Crippen molar-refractivity contribution in [3.8, 4) is 11.6 Å². The van der Waals surface area contributed by atoms with E-state index in [-0.39, 0.29) is 30.1 Å². The molecule has 28 heavy (non-hydrogen) atoms. The van der Waals surface area contributed by atoms with Gasteiger partial charge in [-0.3, -0.25) is 14.3 Å². The standard InChI is InChI=1S/C17H19F3N4O4/c1-23(16(26)12-9-24(2)22-15(12)27-3)10-14(25)21-8-11-6-4-5-7-13(11)28-17(18,19)20/h4-7,9H,8,10H2,1-3H3,(H,21,25). The third kappa shape index (κ3) is 5.63. The lowest BCUT2D eigenvalue weighted by Crippen LogP contribution is -2.38. The Labute approximate surface area is 158 Å². The number of hydrogen-bond acceptors (Lipinski definition) is 5. The van der Waals surface area contributed by atoms with Gasteiger partial charge in [-0.25, -0.2) is 0 Å². The Morgan fingerprint density at radius 1 is 1.29 bits per heavy atom. The molecule has 1 aromatic heterocycles. The second kappa shape index (κ2) is 8.63. The van der Waals surface area contributed by atoms with E-state index in [9.17, 15) is 22.8 Å². The van der Waals surface area contributed by atoms with Crippen LogP contribution in [0.3, 0.4) is 0 Å². The van der Waals surface area contributed by atoms with E-state index >= 15 is 0 Å². The molecule has 0 aliphatic rings. The van der Waals surface area contributed by atoms with Crippen molar-refractivity contribution in [3.63, 3.8) is 0 Å². The van der Waals surface area contributed by atoms with Gasteiger partial charge in [0.1, 0.15) is 11.3 Å². The van der Waals surface area contributed by atoms with Crippen molar-refractivity contribution < 1.29 is 32.2 Å². The van der Waals surface area contributed by atoms with Gasteiger partial charge in [0.05, 0.1) is 13.7 Å². The highest BCUT2D eigenvalue weighted by molar-refractivity contribution is 5.98. The lowest BCUT2D eigenvalue weighted by molar-refractivity contribution is -0.274. The number of alkyl halides is 3. The minimum atomic E-state index is -4.84. The van der Waals surface area contributed by atoms with Gasteiger partial charge in [-0.1, -0.05) is 18.2 Å². The fraction of sp³-hybridized carbons (Fsp3) is 0.353. The van der Waals surface area contributed by atoms with Gasteiger partial charge < -0.3 is 19.7 Å². The van der Waals surface area contributed by atoms with Crippen LogP contribution in [0, 0.1) is 0 Å². The van der Waals surface area contributed by atoms with Crippen molar-refractivity contribution in [2.24, 2.45) is 7.05 Å². The number of nitrogens with one attached hydrogen (secondary N) is 1. The van der Waals surface area contributed by atoms with Crippen LogP contribution in [-0.4, -0.2) is 53.6 Å². The van der Waals surface area contributed by atoms with Crippen LogP contribution >= 0.6 is 0 Å². The Hall–Kier alpha value is -3.24. The zero-order chi connectivity index (χ0) is 20.9. The summed E-state index contributed by atoms with van der Waals surface area (Å²) in [5.74, 6) is -1.32. The number of nitrogens with zero attached hydrogens (tertiary/aromatic N) is 3. The van der Waals surface area contributed by atoms with Gasteiger partial charge in [-0.15, -0.1) is 18.3 Å². The Balaban J connectivity index is 1.96. The van der Waals surface area contributed by atoms with Crippen LogP contribution in [-0.2, 0) is 18.4 Å². The number of halogens is 3. The Morgan fingerprint density at radius 2 is 1.96 bits per heavy atom. The zero-order valence-corrected chi connectivity index (χ0v) is 15.4. The van der Waals surface area contributed by atoms with Crippen LogP contribution in [0.1, 0.15) is 15.9 Å². The predicted octanol–water partition coefficient (Wildman–Crippen LogP) is 1.72. The second-order valence-electron chi connectivity index (χ2n) is 5.82. The zero-order valence-electron chi connectivity index (χ0n) is 15.4. The summed E-state index contributed by atoms with van der Waals surface area (Å²) in [5.41, 5.74) is 0.334. The molecule has 0 unspecified atom stereocenters. The van der Waals surface area contributed by atoms with Gasteiger partial charge in [-0.2, -0.15) is 0 Å². The number of hydrogen-bond donors (Lipinski definition) is 1. The minimum Gasteiger partial charge on any atom is -0.479 e. The summed E-state index contributed by atoms with van der Waals surface area (Å²) in [4.78, 5) is 25.7. The monoisotopic (exact) mass is 400 g/mol. The number of carbonyl (C=O) groups excluding carboxylic acids is 2. The number of aryl methyl sites for hydroxylation is 1. The molecule has 0 aliphatic heterocycles. The van der Waals surface area contributed by atoms with E-state index in [2.05, 4.69) is 15.2 Å². The highest BCUT2D eigenvalue weighted by Crippen LogP contribution is 2.26. The molecule has 11 heteroatoms. The van der Waals surface area contributed by atoms with Crippen LogP contribution in [0.2, 0.25) is 0 Å². The molecule has 1 heterocycles. The first-order valence-corrected chi connectivity index (χ1v) is 8.04. The van der Waals surface area contributed by atoms with Crippen molar-refractivity contribution in [1.82, 2.24) is 20.0 Å². The largest absolute Gasteiger partial charge is 0.573 e. The molecule has 152 valence electrons. The molecule has 0 radical (unpaired) electrons. The third-order valence-corrected chi connectivity index (χ3v) is 3.62. The lowest BCUT2D eigenvalue weighted by atomic mass is 10.2. The van der Waals surface area contributed by atoms with E-state index < -0.39 is 23.9 Å². The molecule has 0 atom stereocenters. The first kappa shape index (κ1) is 21.1. The summed E-state index contributed by atoms with van der Waals surface area (Å²) in [5, 5.41) is 6.43. The molecule has 0 aliphatic carbocycles. The number of rotatable bonds is 7. The topological polar surface area (TPSA) is 85.7 Å². The molecule has 0 fully saturated rings. The highest BCUT2D eigenvalue weighted by atomic mass is 19.4. The summed E-state index contributed by atoms with van der Waals surface area (Å²) < 4.78 is 47.7. The van der Waals surface area contributed by atoms with Crippen LogP contribution in [0.4, 0.5) is 13.2 Å². The predicted molar refractivity (Wildman–Crippen MR) is 91.7 cm³/mol. The molecule has 2 aromatic rings. The fourth-order valence-corrected chi connectivity index (χ4v) is 2.38. The number of likely N-dealkylation sites (N-methyl/N-ethyl adjacent to an activating group) is 1. The van der Waals surface area contributed by atoms with Gasteiger partial charge in [-0.05, 0) is 6.07 Å². The summed E-state index contributed by atoms with van der Waals surface area (Å²) in [6, 6.07) is 5.46. The van der Waals surface area contributed by atoms with E-state index in [1.54, 1.807) is 7.05 Å². The highest BCUT2D eigenvalue weighted by Gasteiger charge is 2.32. The Kier molecular flexibility index (Phi) is 6.49. The van der Waals surface area contributed by atoms with Crippen LogP contribution in [0.15, 0.2) is 30.5 Å². The Morgan fingerprint density at radius 3 is 2.61 bits per heavy atom. The van der Waals surface area contributed by atoms with Gasteiger partial charge in [0.15, 0.2) is 0 Å². The maximum absolute atomic E-state index is 12.4. The molecule has 2 rings (SSSR count). The smallest absolute Gasteiger partial charge is 0.479 e. The van der Waals surface area contributed by atoms with Crippen LogP contribution in [0.5, 0.6) is 11.6 Å². The van der Waals surface area contributed by atoms with Gasteiger partial charge in [0.2, 0.25) is 11.8 Å². The maximum atomic E-state index is 12.4. The minimum absolute atomic E-state index is 0.123. The second-order valence-corrected chi connectivity index (χ2v) is 5.82. The molecule has 1 aromatic carbocycles. The summed E-state index contributed by atoms with van der Waals surface area (Å²) in [7, 11) is 4.40. The molecule has 0 saturated carbocycles. The number of aromatic nitrogens is 2. The van der Waals surface area contributed by atoms with E-state index in [1.807, 2.05) is 0 Å². The van der Waals surface area contributed by atoms with Crippen molar-refractivity contribution in [3.05, 3.63) is 41.6 Å². The number of amides is 2. The van der Waals surface area contributed by atoms with Crippen molar-refractivity contribution in [2.75, 3.05) is 20.7 Å². The quantitative estimate of drug-likeness (QED) is 0.765. The SMILES string of the molecule is COc1nn(C)cc1C(=O)N(C)CC(=O)NCc1ccccc1OC(F)(F)F. The lowest BCUT2D eigenvalue weighted by Gasteiger charge is -2.17. The molecule has 8 nitrogen and oxygen atoms in total. The molecule has 2 amide bonds. The van der Waals surface area contributed by atoms with E-state index in [1.165, 1.54) is 43.2 Å². The molecule has 0 bridgehead atoms. The molecular formula is C17H19F3N4O4. The first-order chi connectivity index (χ1) is 13.1. The van der Waals surface area contributed by atoms with E-state index in [0.29, 0.717) is 0 Å². The first-order valence-electron chi connectivity index (χ1n) is 8.04. The van der Waals surface area contributed by atoms with Crippen molar-refractivity contribution in [2.45, 2.75) is 12.9 Å². The fourth-order valence-electron chi connectivity index (χ4n) is 2.38. The summed E-state index contributed by atoms with van der Waals surface area (Å²) >= 11 is 0. The number of benzene rings is 1. The normalized spacial score (nSPS) is 11.1. The van der Waals surface area contributed by atoms with Gasteiger partial charge >= 0.3 is 6.36 Å². The van der Waals surface area contributed by atoms with Gasteiger partial charge in [0.25, 0.3) is 5.91 Å². The van der Waals surface area contributed by atoms with Gasteiger partial charge in [0, 0.05) is 32.4 Å². The number of methoxy groups -OCH3 is 1. The maximum Gasteiger partial charge on any atom is 0.573 e. The molecule has 1 N–H and O–H groups in total. The summed E-state index contributed by atoms with van der Waals surface area (Å²) in [6.07, 6.45) is -3.38. The number of carbonyl (C=O) groups is 2. The molecule has 0 spiro atoms. The van der Waals surface area contributed by atoms with Crippen LogP contribution in [0.25, 0.3) is 0 Å². The average molecular weight is 400 g/mol. The van der Waals surface area contributed by atoms with E-state index in [4.69, 9.17) is 4.74 Å². The van der Waals surface area contributed by atoms with Crippen molar-refractivity contribution >= 4 is 11.8 Å². The molecular weight excluding hydrogens is 381 g/mol. The molecule has 0 saturated heterocycles. The number of ether oxygens (including phenoxy) is 2. The number of para-hydroxylation sites is 1. The Bertz CT molecular complexity index is 851.